The molecule has 0 aromatic carbocycles. The molecule has 3 N–H and O–H groups in total. The third-order valence-electron chi connectivity index (χ3n) is 1.38. The molecule has 3 heteroatoms. The van der Waals surface area contributed by atoms with Crippen LogP contribution >= 0.6 is 0 Å². The maximum atomic E-state index is 5.42. The topological polar surface area (TPSA) is 47.3 Å². The molecule has 0 saturated carbocycles. The molecule has 0 aromatic rings. The molecule has 62 valence electrons. The van der Waals surface area contributed by atoms with E-state index in [1.807, 2.05) is 0 Å². The summed E-state index contributed by atoms with van der Waals surface area (Å²) >= 11 is 0. The van der Waals surface area contributed by atoms with Crippen molar-refractivity contribution in [2.24, 2.45) is 11.7 Å². The standard InChI is InChI=1S/C7H18N2O/c1-7(5-8)6-9-3-4-10-2/h7,9H,3-6,8H2,1-2H3. The summed E-state index contributed by atoms with van der Waals surface area (Å²) in [5.74, 6) is 0.567. The second kappa shape index (κ2) is 6.99. The number of ether oxygens (including phenoxy) is 1. The molecule has 1 unspecified atom stereocenters. The van der Waals surface area contributed by atoms with Gasteiger partial charge in [0.1, 0.15) is 0 Å². The monoisotopic (exact) mass is 146 g/mol. The van der Waals surface area contributed by atoms with Crippen molar-refractivity contribution in [1.29, 1.82) is 0 Å². The Bertz CT molecular complexity index is 68.6. The third kappa shape index (κ3) is 6.01. The lowest BCUT2D eigenvalue weighted by atomic mass is 10.2. The van der Waals surface area contributed by atoms with E-state index in [2.05, 4.69) is 12.2 Å². The van der Waals surface area contributed by atoms with Gasteiger partial charge in [-0.05, 0) is 19.0 Å². The highest BCUT2D eigenvalue weighted by Gasteiger charge is 1.95. The fourth-order valence-electron chi connectivity index (χ4n) is 0.606. The minimum atomic E-state index is 0.567. The Labute approximate surface area is 62.9 Å². The molecule has 0 fully saturated rings. The maximum Gasteiger partial charge on any atom is 0.0587 e. The summed E-state index contributed by atoms with van der Waals surface area (Å²) < 4.78 is 4.86. The minimum Gasteiger partial charge on any atom is -0.383 e. The van der Waals surface area contributed by atoms with Gasteiger partial charge in [0.15, 0.2) is 0 Å². The second-order valence-corrected chi connectivity index (χ2v) is 2.54. The number of nitrogens with two attached hydrogens (primary N) is 1. The van der Waals surface area contributed by atoms with E-state index in [-0.39, 0.29) is 0 Å². The predicted molar refractivity (Wildman–Crippen MR) is 43.0 cm³/mol. The average molecular weight is 146 g/mol. The number of rotatable bonds is 6. The van der Waals surface area contributed by atoms with Crippen LogP contribution in [0.4, 0.5) is 0 Å². The lowest BCUT2D eigenvalue weighted by Gasteiger charge is -2.08. The maximum absolute atomic E-state index is 5.42. The Kier molecular flexibility index (Phi) is 6.91. The Balaban J connectivity index is 2.89. The minimum absolute atomic E-state index is 0.567. The van der Waals surface area contributed by atoms with Gasteiger partial charge in [-0.3, -0.25) is 0 Å². The first-order chi connectivity index (χ1) is 4.81. The van der Waals surface area contributed by atoms with Crippen LogP contribution in [0.5, 0.6) is 0 Å². The number of nitrogens with one attached hydrogen (secondary N) is 1. The summed E-state index contributed by atoms with van der Waals surface area (Å²) in [5.41, 5.74) is 5.42. The molecule has 0 rings (SSSR count). The van der Waals surface area contributed by atoms with Crippen molar-refractivity contribution in [2.75, 3.05) is 33.4 Å². The van der Waals surface area contributed by atoms with Crippen molar-refractivity contribution < 1.29 is 4.74 Å². The van der Waals surface area contributed by atoms with Crippen LogP contribution in [0.3, 0.4) is 0 Å². The van der Waals surface area contributed by atoms with Gasteiger partial charge >= 0.3 is 0 Å². The molecule has 10 heavy (non-hydrogen) atoms. The largest absolute Gasteiger partial charge is 0.383 e. The predicted octanol–water partition coefficient (Wildman–Crippen LogP) is -0.183. The van der Waals surface area contributed by atoms with Crippen molar-refractivity contribution in [3.8, 4) is 0 Å². The molecule has 0 spiro atoms. The van der Waals surface area contributed by atoms with Crippen LogP contribution in [0.25, 0.3) is 0 Å². The van der Waals surface area contributed by atoms with E-state index < -0.39 is 0 Å². The molecule has 0 bridgehead atoms. The highest BCUT2D eigenvalue weighted by atomic mass is 16.5. The Hall–Kier alpha value is -0.120. The summed E-state index contributed by atoms with van der Waals surface area (Å²) in [6, 6.07) is 0. The average Bonchev–Trinajstić information content (AvgIpc) is 1.98. The van der Waals surface area contributed by atoms with Gasteiger partial charge in [0.25, 0.3) is 0 Å². The Morgan fingerprint density at radius 3 is 2.80 bits per heavy atom. The molecule has 0 aliphatic carbocycles. The lowest BCUT2D eigenvalue weighted by Crippen LogP contribution is -2.28. The molecule has 0 radical (unpaired) electrons. The first-order valence-electron chi connectivity index (χ1n) is 3.71. The van der Waals surface area contributed by atoms with E-state index in [0.717, 1.165) is 26.2 Å². The molecular weight excluding hydrogens is 128 g/mol. The molecule has 0 amide bonds. The van der Waals surface area contributed by atoms with Crippen molar-refractivity contribution >= 4 is 0 Å². The van der Waals surface area contributed by atoms with Gasteiger partial charge in [-0.1, -0.05) is 6.92 Å². The number of hydrogen-bond donors (Lipinski definition) is 2. The van der Waals surface area contributed by atoms with Gasteiger partial charge in [-0.2, -0.15) is 0 Å². The second-order valence-electron chi connectivity index (χ2n) is 2.54. The van der Waals surface area contributed by atoms with Crippen LogP contribution in [-0.2, 0) is 4.74 Å². The van der Waals surface area contributed by atoms with Crippen LogP contribution in [0.2, 0.25) is 0 Å². The van der Waals surface area contributed by atoms with Gasteiger partial charge in [0.2, 0.25) is 0 Å². The first-order valence-corrected chi connectivity index (χ1v) is 3.71. The fourth-order valence-corrected chi connectivity index (χ4v) is 0.606. The van der Waals surface area contributed by atoms with Crippen LogP contribution in [0.15, 0.2) is 0 Å². The zero-order valence-corrected chi connectivity index (χ0v) is 6.89. The molecule has 0 aromatic heterocycles. The SMILES string of the molecule is COCCNCC(C)CN. The van der Waals surface area contributed by atoms with E-state index in [1.54, 1.807) is 7.11 Å². The molecule has 0 aliphatic heterocycles. The van der Waals surface area contributed by atoms with Crippen molar-refractivity contribution in [1.82, 2.24) is 5.32 Å². The number of methoxy groups -OCH3 is 1. The zero-order chi connectivity index (χ0) is 7.82. The molecule has 0 aliphatic rings. The Morgan fingerprint density at radius 2 is 2.30 bits per heavy atom. The van der Waals surface area contributed by atoms with E-state index in [4.69, 9.17) is 10.5 Å². The summed E-state index contributed by atoms with van der Waals surface area (Å²) in [4.78, 5) is 0. The molecule has 3 nitrogen and oxygen atoms in total. The van der Waals surface area contributed by atoms with Gasteiger partial charge in [0.05, 0.1) is 6.61 Å². The van der Waals surface area contributed by atoms with E-state index in [0.29, 0.717) is 5.92 Å². The normalized spacial score (nSPS) is 13.5. The highest BCUT2D eigenvalue weighted by molar-refractivity contribution is 4.55. The summed E-state index contributed by atoms with van der Waals surface area (Å²) in [5, 5.41) is 3.23. The zero-order valence-electron chi connectivity index (χ0n) is 6.89. The van der Waals surface area contributed by atoms with Crippen molar-refractivity contribution in [3.05, 3.63) is 0 Å². The summed E-state index contributed by atoms with van der Waals surface area (Å²) in [6.07, 6.45) is 0. The molecular formula is C7H18N2O. The smallest absolute Gasteiger partial charge is 0.0587 e. The van der Waals surface area contributed by atoms with E-state index >= 15 is 0 Å². The summed E-state index contributed by atoms with van der Waals surface area (Å²) in [6.45, 7) is 5.55. The van der Waals surface area contributed by atoms with Crippen LogP contribution in [-0.4, -0.2) is 33.4 Å². The molecule has 1 atom stereocenters. The fraction of sp³-hybridized carbons (Fsp3) is 1.00. The van der Waals surface area contributed by atoms with Crippen LogP contribution in [0, 0.1) is 5.92 Å². The highest BCUT2D eigenvalue weighted by Crippen LogP contribution is 1.85. The van der Waals surface area contributed by atoms with Gasteiger partial charge in [0, 0.05) is 13.7 Å². The first kappa shape index (κ1) is 9.88. The van der Waals surface area contributed by atoms with E-state index in [9.17, 15) is 0 Å². The van der Waals surface area contributed by atoms with Crippen molar-refractivity contribution in [3.63, 3.8) is 0 Å². The third-order valence-corrected chi connectivity index (χ3v) is 1.38. The Morgan fingerprint density at radius 1 is 1.60 bits per heavy atom. The van der Waals surface area contributed by atoms with Gasteiger partial charge in [-0.15, -0.1) is 0 Å². The van der Waals surface area contributed by atoms with Gasteiger partial charge in [-0.25, -0.2) is 0 Å². The van der Waals surface area contributed by atoms with Crippen LogP contribution < -0.4 is 11.1 Å². The molecule has 0 heterocycles. The number of hydrogen-bond acceptors (Lipinski definition) is 3. The van der Waals surface area contributed by atoms with Crippen LogP contribution in [0.1, 0.15) is 6.92 Å². The quantitative estimate of drug-likeness (QED) is 0.511. The van der Waals surface area contributed by atoms with Gasteiger partial charge < -0.3 is 15.8 Å². The molecule has 0 saturated heterocycles. The summed E-state index contributed by atoms with van der Waals surface area (Å²) in [7, 11) is 1.70. The van der Waals surface area contributed by atoms with E-state index in [1.165, 1.54) is 0 Å². The lowest BCUT2D eigenvalue weighted by molar-refractivity contribution is 0.198. The van der Waals surface area contributed by atoms with Crippen molar-refractivity contribution in [2.45, 2.75) is 6.92 Å².